The highest BCUT2D eigenvalue weighted by molar-refractivity contribution is 5.92. The molecule has 0 saturated heterocycles. The van der Waals surface area contributed by atoms with Gasteiger partial charge in [0, 0.05) is 12.1 Å². The molecule has 0 saturated carbocycles. The summed E-state index contributed by atoms with van der Waals surface area (Å²) >= 11 is 0. The van der Waals surface area contributed by atoms with E-state index in [-0.39, 0.29) is 32.2 Å². The average molecular weight is 400 g/mol. The highest BCUT2D eigenvalue weighted by atomic mass is 16.5. The molecular formula is C19H32N2O7. The number of unbranched alkanes of at least 4 members (excludes halogenated alkanes) is 1. The summed E-state index contributed by atoms with van der Waals surface area (Å²) in [5.74, 6) is -1.88. The van der Waals surface area contributed by atoms with Gasteiger partial charge in [-0.05, 0) is 40.0 Å². The van der Waals surface area contributed by atoms with Gasteiger partial charge in [0.25, 0.3) is 0 Å². The molecule has 0 heterocycles. The SMILES string of the molecule is C=C(C)C(=O)NCCCC[C@@H](C(=O)OC)N(CC(=O)OCC)CC(=O)OCC. The first-order valence-corrected chi connectivity index (χ1v) is 9.33. The fourth-order valence-corrected chi connectivity index (χ4v) is 2.42. The number of hydrogen-bond acceptors (Lipinski definition) is 8. The summed E-state index contributed by atoms with van der Waals surface area (Å²) in [6, 6.07) is -0.810. The van der Waals surface area contributed by atoms with Crippen LogP contribution < -0.4 is 5.32 Å². The second-order valence-electron chi connectivity index (χ2n) is 6.09. The van der Waals surface area contributed by atoms with Crippen molar-refractivity contribution >= 4 is 23.8 Å². The first-order chi connectivity index (χ1) is 13.3. The van der Waals surface area contributed by atoms with E-state index >= 15 is 0 Å². The van der Waals surface area contributed by atoms with E-state index in [0.29, 0.717) is 31.4 Å². The minimum absolute atomic E-state index is 0.192. The van der Waals surface area contributed by atoms with Gasteiger partial charge in [0.2, 0.25) is 5.91 Å². The van der Waals surface area contributed by atoms with Crippen LogP contribution in [0.1, 0.15) is 40.0 Å². The Hall–Kier alpha value is -2.42. The standard InChI is InChI=1S/C19H32N2O7/c1-6-27-16(22)12-21(13-17(23)28-7-2)15(19(25)26-5)10-8-9-11-20-18(24)14(3)4/h15H,3,6-13H2,1-2,4-5H3,(H,20,24)/t15-/m0/s1. The van der Waals surface area contributed by atoms with Crippen LogP contribution in [0.4, 0.5) is 0 Å². The molecule has 1 atom stereocenters. The van der Waals surface area contributed by atoms with Crippen LogP contribution in [0.25, 0.3) is 0 Å². The third-order valence-corrected chi connectivity index (χ3v) is 3.77. The van der Waals surface area contributed by atoms with Gasteiger partial charge in [-0.2, -0.15) is 0 Å². The third kappa shape index (κ3) is 10.7. The summed E-state index contributed by atoms with van der Waals surface area (Å²) in [7, 11) is 1.25. The number of methoxy groups -OCH3 is 1. The number of rotatable bonds is 14. The Morgan fingerprint density at radius 3 is 1.96 bits per heavy atom. The van der Waals surface area contributed by atoms with Crippen molar-refractivity contribution in [1.29, 1.82) is 0 Å². The molecule has 0 aliphatic rings. The molecule has 160 valence electrons. The third-order valence-electron chi connectivity index (χ3n) is 3.77. The van der Waals surface area contributed by atoms with Crippen molar-refractivity contribution in [2.75, 3.05) is 40.0 Å². The molecule has 0 aromatic heterocycles. The van der Waals surface area contributed by atoms with Crippen molar-refractivity contribution in [1.82, 2.24) is 10.2 Å². The molecule has 0 bridgehead atoms. The predicted octanol–water partition coefficient (Wildman–Crippen LogP) is 0.819. The summed E-state index contributed by atoms with van der Waals surface area (Å²) in [6.07, 6.45) is 1.52. The molecular weight excluding hydrogens is 368 g/mol. The molecule has 0 aromatic rings. The van der Waals surface area contributed by atoms with E-state index < -0.39 is 23.9 Å². The van der Waals surface area contributed by atoms with Gasteiger partial charge < -0.3 is 19.5 Å². The van der Waals surface area contributed by atoms with Crippen LogP contribution in [-0.2, 0) is 33.4 Å². The maximum atomic E-state index is 12.2. The maximum absolute atomic E-state index is 12.2. The number of hydrogen-bond donors (Lipinski definition) is 1. The lowest BCUT2D eigenvalue weighted by molar-refractivity contribution is -0.155. The van der Waals surface area contributed by atoms with Gasteiger partial charge in [-0.3, -0.25) is 24.1 Å². The number of carbonyl (C=O) groups is 4. The van der Waals surface area contributed by atoms with Crippen LogP contribution in [0.5, 0.6) is 0 Å². The maximum Gasteiger partial charge on any atom is 0.323 e. The Morgan fingerprint density at radius 2 is 1.54 bits per heavy atom. The molecule has 0 spiro atoms. The monoisotopic (exact) mass is 400 g/mol. The topological polar surface area (TPSA) is 111 Å². The van der Waals surface area contributed by atoms with Crippen LogP contribution in [0.2, 0.25) is 0 Å². The zero-order valence-corrected chi connectivity index (χ0v) is 17.2. The van der Waals surface area contributed by atoms with Crippen molar-refractivity contribution in [3.05, 3.63) is 12.2 Å². The molecule has 0 radical (unpaired) electrons. The molecule has 0 rings (SSSR count). The zero-order valence-electron chi connectivity index (χ0n) is 17.2. The number of amides is 1. The van der Waals surface area contributed by atoms with E-state index in [0.717, 1.165) is 0 Å². The second kappa shape index (κ2) is 14.6. The largest absolute Gasteiger partial charge is 0.468 e. The van der Waals surface area contributed by atoms with Crippen LogP contribution >= 0.6 is 0 Å². The molecule has 0 aliphatic carbocycles. The first-order valence-electron chi connectivity index (χ1n) is 9.33. The fraction of sp³-hybridized carbons (Fsp3) is 0.684. The molecule has 0 unspecified atom stereocenters. The molecule has 1 N–H and O–H groups in total. The van der Waals surface area contributed by atoms with E-state index in [2.05, 4.69) is 11.9 Å². The predicted molar refractivity (Wildman–Crippen MR) is 102 cm³/mol. The Balaban J connectivity index is 4.96. The van der Waals surface area contributed by atoms with Gasteiger partial charge in [-0.25, -0.2) is 0 Å². The number of ether oxygens (including phenoxy) is 3. The summed E-state index contributed by atoms with van der Waals surface area (Å²) in [5, 5.41) is 2.71. The lowest BCUT2D eigenvalue weighted by Gasteiger charge is -2.28. The van der Waals surface area contributed by atoms with Crippen LogP contribution in [-0.4, -0.2) is 74.7 Å². The van der Waals surface area contributed by atoms with Crippen LogP contribution in [0, 0.1) is 0 Å². The number of nitrogens with zero attached hydrogens (tertiary/aromatic N) is 1. The Morgan fingerprint density at radius 1 is 1.00 bits per heavy atom. The molecule has 28 heavy (non-hydrogen) atoms. The average Bonchev–Trinajstić information content (AvgIpc) is 2.63. The van der Waals surface area contributed by atoms with E-state index in [1.807, 2.05) is 0 Å². The molecule has 0 fully saturated rings. The Bertz CT molecular complexity index is 528. The molecule has 9 nitrogen and oxygen atoms in total. The summed E-state index contributed by atoms with van der Waals surface area (Å²) in [4.78, 5) is 48.9. The fourth-order valence-electron chi connectivity index (χ4n) is 2.42. The van der Waals surface area contributed by atoms with Gasteiger partial charge in [0.05, 0.1) is 33.4 Å². The first kappa shape index (κ1) is 25.6. The molecule has 0 aromatic carbocycles. The lowest BCUT2D eigenvalue weighted by atomic mass is 10.1. The Labute approximate surface area is 166 Å². The zero-order chi connectivity index (χ0) is 21.5. The lowest BCUT2D eigenvalue weighted by Crippen LogP contribution is -2.47. The quantitative estimate of drug-likeness (QED) is 0.197. The van der Waals surface area contributed by atoms with Crippen molar-refractivity contribution in [2.24, 2.45) is 0 Å². The highest BCUT2D eigenvalue weighted by Crippen LogP contribution is 2.12. The summed E-state index contributed by atoms with van der Waals surface area (Å²) in [6.45, 7) is 8.85. The minimum Gasteiger partial charge on any atom is -0.468 e. The molecule has 0 aliphatic heterocycles. The van der Waals surface area contributed by atoms with Crippen LogP contribution in [0.3, 0.4) is 0 Å². The number of esters is 3. The van der Waals surface area contributed by atoms with E-state index in [4.69, 9.17) is 14.2 Å². The van der Waals surface area contributed by atoms with Gasteiger partial charge in [-0.1, -0.05) is 6.58 Å². The second-order valence-corrected chi connectivity index (χ2v) is 6.09. The Kier molecular flexibility index (Phi) is 13.4. The van der Waals surface area contributed by atoms with Crippen molar-refractivity contribution < 1.29 is 33.4 Å². The van der Waals surface area contributed by atoms with E-state index in [1.165, 1.54) is 12.0 Å². The van der Waals surface area contributed by atoms with Crippen molar-refractivity contribution in [3.8, 4) is 0 Å². The van der Waals surface area contributed by atoms with Gasteiger partial charge in [0.15, 0.2) is 0 Å². The summed E-state index contributed by atoms with van der Waals surface area (Å²) < 4.78 is 14.7. The number of nitrogens with one attached hydrogen (secondary N) is 1. The van der Waals surface area contributed by atoms with Crippen molar-refractivity contribution in [2.45, 2.75) is 46.1 Å². The minimum atomic E-state index is -0.810. The highest BCUT2D eigenvalue weighted by Gasteiger charge is 2.30. The van der Waals surface area contributed by atoms with Crippen LogP contribution in [0.15, 0.2) is 12.2 Å². The smallest absolute Gasteiger partial charge is 0.323 e. The van der Waals surface area contributed by atoms with Gasteiger partial charge in [-0.15, -0.1) is 0 Å². The van der Waals surface area contributed by atoms with Gasteiger partial charge in [0.1, 0.15) is 6.04 Å². The van der Waals surface area contributed by atoms with Gasteiger partial charge >= 0.3 is 17.9 Å². The van der Waals surface area contributed by atoms with E-state index in [9.17, 15) is 19.2 Å². The molecule has 9 heteroatoms. The summed E-state index contributed by atoms with van der Waals surface area (Å²) in [5.41, 5.74) is 0.419. The van der Waals surface area contributed by atoms with Crippen molar-refractivity contribution in [3.63, 3.8) is 0 Å². The molecule has 1 amide bonds. The number of carbonyl (C=O) groups excluding carboxylic acids is 4. The normalized spacial score (nSPS) is 11.5. The van der Waals surface area contributed by atoms with E-state index in [1.54, 1.807) is 20.8 Å².